The van der Waals surface area contributed by atoms with Crippen LogP contribution >= 0.6 is 0 Å². The van der Waals surface area contributed by atoms with Gasteiger partial charge in [0.1, 0.15) is 12.1 Å². The Morgan fingerprint density at radius 1 is 1.03 bits per heavy atom. The highest BCUT2D eigenvalue weighted by Crippen LogP contribution is 2.45. The van der Waals surface area contributed by atoms with Gasteiger partial charge in [0.25, 0.3) is 0 Å². The minimum atomic E-state index is -1.06. The maximum Gasteiger partial charge on any atom is 0.408 e. The number of hydrogen-bond donors (Lipinski definition) is 2. The molecule has 0 aromatic heterocycles. The summed E-state index contributed by atoms with van der Waals surface area (Å²) < 4.78 is 5.72. The van der Waals surface area contributed by atoms with E-state index in [2.05, 4.69) is 29.6 Å². The van der Waals surface area contributed by atoms with Gasteiger partial charge in [-0.3, -0.25) is 9.59 Å². The topological polar surface area (TPSA) is 95.9 Å². The number of fused-ring (bicyclic) bond motifs is 3. The Morgan fingerprint density at radius 2 is 1.63 bits per heavy atom. The molecule has 2 aromatic carbocycles. The fourth-order valence-electron chi connectivity index (χ4n) is 5.86. The predicted octanol–water partition coefficient (Wildman–Crippen LogP) is 4.26. The van der Waals surface area contributed by atoms with Gasteiger partial charge in [0, 0.05) is 19.0 Å². The third kappa shape index (κ3) is 4.28. The number of nitrogens with zero attached hydrogens (tertiary/aromatic N) is 1. The quantitative estimate of drug-likeness (QED) is 0.649. The van der Waals surface area contributed by atoms with E-state index in [1.807, 2.05) is 31.2 Å². The third-order valence-electron chi connectivity index (χ3n) is 8.05. The molecule has 7 heteroatoms. The third-order valence-corrected chi connectivity index (χ3v) is 8.05. The first-order valence-corrected chi connectivity index (χ1v) is 12.4. The number of carbonyl (C=O) groups is 3. The predicted molar refractivity (Wildman–Crippen MR) is 131 cm³/mol. The Labute approximate surface area is 205 Å². The van der Waals surface area contributed by atoms with Gasteiger partial charge in [-0.2, -0.15) is 0 Å². The molecule has 3 unspecified atom stereocenters. The molecule has 2 aliphatic carbocycles. The van der Waals surface area contributed by atoms with Crippen molar-refractivity contribution in [3.05, 3.63) is 59.7 Å². The van der Waals surface area contributed by atoms with Crippen LogP contribution in [-0.2, 0) is 14.3 Å². The minimum absolute atomic E-state index is 0.0491. The molecule has 184 valence electrons. The molecule has 0 radical (unpaired) electrons. The summed E-state index contributed by atoms with van der Waals surface area (Å²) in [7, 11) is 0. The molecule has 1 aliphatic heterocycles. The van der Waals surface area contributed by atoms with Gasteiger partial charge in [0.2, 0.25) is 5.91 Å². The van der Waals surface area contributed by atoms with Crippen molar-refractivity contribution in [3.8, 4) is 11.1 Å². The van der Waals surface area contributed by atoms with Gasteiger partial charge in [-0.25, -0.2) is 4.79 Å². The largest absolute Gasteiger partial charge is 0.481 e. The zero-order valence-corrected chi connectivity index (χ0v) is 20.2. The molecular formula is C28H32N2O5. The van der Waals surface area contributed by atoms with Gasteiger partial charge in [0.05, 0.1) is 5.92 Å². The molecule has 5 rings (SSSR count). The lowest BCUT2D eigenvalue weighted by atomic mass is 9.85. The number of nitrogens with one attached hydrogen (secondary N) is 1. The first kappa shape index (κ1) is 23.4. The van der Waals surface area contributed by atoms with Crippen molar-refractivity contribution in [1.82, 2.24) is 10.2 Å². The Kier molecular flexibility index (Phi) is 6.03. The molecule has 1 saturated heterocycles. The average molecular weight is 477 g/mol. The molecule has 2 N–H and O–H groups in total. The summed E-state index contributed by atoms with van der Waals surface area (Å²) in [6.45, 7) is 4.60. The van der Waals surface area contributed by atoms with Crippen molar-refractivity contribution in [3.63, 3.8) is 0 Å². The molecule has 2 fully saturated rings. The Bertz CT molecular complexity index is 1110. The van der Waals surface area contributed by atoms with Crippen molar-refractivity contribution in [1.29, 1.82) is 0 Å². The number of aliphatic carboxylic acids is 1. The van der Waals surface area contributed by atoms with Crippen molar-refractivity contribution in [2.24, 2.45) is 17.8 Å². The highest BCUT2D eigenvalue weighted by atomic mass is 16.5. The highest BCUT2D eigenvalue weighted by molar-refractivity contribution is 5.90. The van der Waals surface area contributed by atoms with Crippen LogP contribution < -0.4 is 5.32 Å². The lowest BCUT2D eigenvalue weighted by Gasteiger charge is -2.40. The summed E-state index contributed by atoms with van der Waals surface area (Å²) >= 11 is 0. The summed E-state index contributed by atoms with van der Waals surface area (Å²) in [5, 5.41) is 12.3. The van der Waals surface area contributed by atoms with Crippen molar-refractivity contribution >= 4 is 18.0 Å². The van der Waals surface area contributed by atoms with E-state index >= 15 is 0 Å². The molecule has 1 heterocycles. The molecule has 7 nitrogen and oxygen atoms in total. The van der Waals surface area contributed by atoms with Crippen LogP contribution in [0, 0.1) is 17.8 Å². The second-order valence-electron chi connectivity index (χ2n) is 10.4. The van der Waals surface area contributed by atoms with E-state index in [4.69, 9.17) is 4.74 Å². The number of likely N-dealkylation sites (tertiary alicyclic amines) is 1. The number of piperidine rings is 1. The number of hydrogen-bond acceptors (Lipinski definition) is 4. The number of carboxylic acid groups (broad SMARTS) is 1. The zero-order chi connectivity index (χ0) is 24.7. The summed E-state index contributed by atoms with van der Waals surface area (Å²) in [6, 6.07) is 16.3. The monoisotopic (exact) mass is 476 g/mol. The first-order valence-electron chi connectivity index (χ1n) is 12.4. The summed E-state index contributed by atoms with van der Waals surface area (Å²) in [4.78, 5) is 39.7. The SMILES string of the molecule is CC1CN(C(=O)C(C)(NC(=O)OCC2c3ccccc3-c3ccccc32)C2CC2)CCC1C(=O)O. The Hall–Kier alpha value is -3.35. The normalized spacial score (nSPS) is 23.1. The standard InChI is InChI=1S/C28H32N2O5/c1-17-15-30(14-13-19(17)25(31)32)26(33)28(2,18-11-12-18)29-27(34)35-16-24-22-9-5-3-7-20(22)21-8-4-6-10-23(21)24/h3-10,17-19,24H,11-16H2,1-2H3,(H,29,34)(H,31,32). The van der Waals surface area contributed by atoms with Crippen LogP contribution in [-0.4, -0.2) is 53.2 Å². The molecule has 1 saturated carbocycles. The number of carboxylic acids is 1. The fourth-order valence-corrected chi connectivity index (χ4v) is 5.86. The van der Waals surface area contributed by atoms with E-state index in [1.54, 1.807) is 11.8 Å². The van der Waals surface area contributed by atoms with Crippen molar-refractivity contribution in [2.45, 2.75) is 44.6 Å². The van der Waals surface area contributed by atoms with E-state index in [0.29, 0.717) is 19.5 Å². The maximum absolute atomic E-state index is 13.6. The Morgan fingerprint density at radius 3 is 2.17 bits per heavy atom. The van der Waals surface area contributed by atoms with Gasteiger partial charge in [0.15, 0.2) is 0 Å². The Balaban J connectivity index is 1.26. The highest BCUT2D eigenvalue weighted by Gasteiger charge is 2.51. The van der Waals surface area contributed by atoms with Crippen LogP contribution in [0.4, 0.5) is 4.79 Å². The van der Waals surface area contributed by atoms with E-state index in [1.165, 1.54) is 0 Å². The van der Waals surface area contributed by atoms with Crippen LogP contribution in [0.5, 0.6) is 0 Å². The molecule has 35 heavy (non-hydrogen) atoms. The molecule has 2 aromatic rings. The van der Waals surface area contributed by atoms with E-state index in [-0.39, 0.29) is 30.3 Å². The number of alkyl carbamates (subject to hydrolysis) is 1. The first-order chi connectivity index (χ1) is 16.8. The molecular weight excluding hydrogens is 444 g/mol. The van der Waals surface area contributed by atoms with Gasteiger partial charge in [-0.1, -0.05) is 55.5 Å². The molecule has 3 aliphatic rings. The van der Waals surface area contributed by atoms with Crippen LogP contribution in [0.25, 0.3) is 11.1 Å². The number of amides is 2. The lowest BCUT2D eigenvalue weighted by molar-refractivity contribution is -0.150. The maximum atomic E-state index is 13.6. The fraction of sp³-hybridized carbons (Fsp3) is 0.464. The number of carbonyl (C=O) groups excluding carboxylic acids is 2. The number of benzene rings is 2. The molecule has 2 amide bonds. The van der Waals surface area contributed by atoms with Crippen LogP contribution in [0.3, 0.4) is 0 Å². The van der Waals surface area contributed by atoms with Crippen molar-refractivity contribution < 1.29 is 24.2 Å². The van der Waals surface area contributed by atoms with E-state index < -0.39 is 23.5 Å². The second kappa shape index (κ2) is 9.02. The molecule has 0 bridgehead atoms. The number of rotatable bonds is 6. The van der Waals surface area contributed by atoms with Crippen LogP contribution in [0.1, 0.15) is 50.2 Å². The van der Waals surface area contributed by atoms with Crippen molar-refractivity contribution in [2.75, 3.05) is 19.7 Å². The van der Waals surface area contributed by atoms with Gasteiger partial charge >= 0.3 is 12.1 Å². The second-order valence-corrected chi connectivity index (χ2v) is 10.4. The van der Waals surface area contributed by atoms with Gasteiger partial charge in [-0.05, 0) is 60.3 Å². The average Bonchev–Trinajstić information content (AvgIpc) is 3.66. The van der Waals surface area contributed by atoms with Crippen LogP contribution in [0.2, 0.25) is 0 Å². The van der Waals surface area contributed by atoms with Crippen LogP contribution in [0.15, 0.2) is 48.5 Å². The summed E-state index contributed by atoms with van der Waals surface area (Å²) in [6.07, 6.45) is 1.57. The molecule has 0 spiro atoms. The minimum Gasteiger partial charge on any atom is -0.481 e. The van der Waals surface area contributed by atoms with Gasteiger partial charge in [-0.15, -0.1) is 0 Å². The zero-order valence-electron chi connectivity index (χ0n) is 20.2. The van der Waals surface area contributed by atoms with E-state index in [0.717, 1.165) is 35.1 Å². The smallest absolute Gasteiger partial charge is 0.408 e. The van der Waals surface area contributed by atoms with E-state index in [9.17, 15) is 19.5 Å². The number of ether oxygens (including phenoxy) is 1. The van der Waals surface area contributed by atoms with Gasteiger partial charge < -0.3 is 20.1 Å². The summed E-state index contributed by atoms with van der Waals surface area (Å²) in [5.74, 6) is -1.53. The summed E-state index contributed by atoms with van der Waals surface area (Å²) in [5.41, 5.74) is 3.54. The lowest BCUT2D eigenvalue weighted by Crippen LogP contribution is -2.61. The molecule has 3 atom stereocenters.